The largest absolute Gasteiger partial charge is 0.493 e. The number of halogens is 1. The van der Waals surface area contributed by atoms with Crippen molar-refractivity contribution in [2.75, 3.05) is 26.1 Å². The summed E-state index contributed by atoms with van der Waals surface area (Å²) in [5.41, 5.74) is 0.494. The first-order valence-electron chi connectivity index (χ1n) is 8.53. The molecule has 7 heteroatoms. The summed E-state index contributed by atoms with van der Waals surface area (Å²) in [7, 11) is 2.95. The first kappa shape index (κ1) is 20.1. The summed E-state index contributed by atoms with van der Waals surface area (Å²) >= 11 is 5.66. The molecule has 142 valence electrons. The lowest BCUT2D eigenvalue weighted by Gasteiger charge is -2.22. The monoisotopic (exact) mass is 381 g/mol. The highest BCUT2D eigenvalue weighted by atomic mass is 35.5. The van der Waals surface area contributed by atoms with Gasteiger partial charge in [0.15, 0.2) is 11.5 Å². The van der Waals surface area contributed by atoms with Crippen LogP contribution >= 0.6 is 11.6 Å². The van der Waals surface area contributed by atoms with Gasteiger partial charge in [-0.05, 0) is 12.8 Å². The lowest BCUT2D eigenvalue weighted by atomic mass is 9.88. The predicted molar refractivity (Wildman–Crippen MR) is 100 cm³/mol. The fourth-order valence-electron chi connectivity index (χ4n) is 2.97. The fraction of sp³-hybridized carbons (Fsp3) is 0.474. The van der Waals surface area contributed by atoms with Crippen molar-refractivity contribution >= 4 is 29.2 Å². The number of hydrogen-bond acceptors (Lipinski definition) is 5. The Hall–Kier alpha value is -2.21. The Balaban J connectivity index is 2.29. The van der Waals surface area contributed by atoms with Crippen LogP contribution in [0.4, 0.5) is 5.69 Å². The van der Waals surface area contributed by atoms with Crippen LogP contribution in [-0.4, -0.2) is 32.7 Å². The number of anilines is 1. The molecule has 1 amide bonds. The van der Waals surface area contributed by atoms with E-state index in [1.165, 1.54) is 20.3 Å². The molecule has 0 heterocycles. The number of carbonyl (C=O) groups is 2. The molecule has 1 aliphatic carbocycles. The van der Waals surface area contributed by atoms with Crippen molar-refractivity contribution in [1.82, 2.24) is 0 Å². The summed E-state index contributed by atoms with van der Waals surface area (Å²) in [5, 5.41) is 3.04. The van der Waals surface area contributed by atoms with Gasteiger partial charge < -0.3 is 19.5 Å². The topological polar surface area (TPSA) is 73.9 Å². The van der Waals surface area contributed by atoms with E-state index in [1.54, 1.807) is 6.07 Å². The number of benzene rings is 1. The van der Waals surface area contributed by atoms with Crippen molar-refractivity contribution in [1.29, 1.82) is 0 Å². The van der Waals surface area contributed by atoms with E-state index in [-0.39, 0.29) is 29.0 Å². The Labute approximate surface area is 158 Å². The van der Waals surface area contributed by atoms with Gasteiger partial charge in [0.05, 0.1) is 25.5 Å². The average molecular weight is 382 g/mol. The van der Waals surface area contributed by atoms with E-state index in [0.717, 1.165) is 32.1 Å². The molecule has 1 aromatic rings. The van der Waals surface area contributed by atoms with E-state index in [1.807, 2.05) is 0 Å². The molecule has 0 bridgehead atoms. The molecule has 1 aliphatic rings. The highest BCUT2D eigenvalue weighted by molar-refractivity contribution is 6.29. The molecular weight excluding hydrogens is 358 g/mol. The molecule has 26 heavy (non-hydrogen) atoms. The molecule has 1 aromatic carbocycles. The van der Waals surface area contributed by atoms with Crippen molar-refractivity contribution in [3.8, 4) is 11.5 Å². The van der Waals surface area contributed by atoms with E-state index < -0.39 is 5.97 Å². The van der Waals surface area contributed by atoms with Crippen LogP contribution in [-0.2, 0) is 9.53 Å². The maximum Gasteiger partial charge on any atom is 0.340 e. The minimum absolute atomic E-state index is 0.0525. The average Bonchev–Trinajstić information content (AvgIpc) is 2.66. The van der Waals surface area contributed by atoms with E-state index in [4.69, 9.17) is 25.8 Å². The Bertz CT molecular complexity index is 683. The number of esters is 1. The van der Waals surface area contributed by atoms with Crippen molar-refractivity contribution < 1.29 is 23.8 Å². The van der Waals surface area contributed by atoms with E-state index in [9.17, 15) is 9.59 Å². The summed E-state index contributed by atoms with van der Waals surface area (Å²) in [6, 6.07) is 3.04. The van der Waals surface area contributed by atoms with Crippen LogP contribution in [0.3, 0.4) is 0 Å². The predicted octanol–water partition coefficient (Wildman–Crippen LogP) is 4.13. The van der Waals surface area contributed by atoms with Crippen molar-refractivity contribution in [2.24, 2.45) is 5.92 Å². The molecule has 0 unspecified atom stereocenters. The van der Waals surface area contributed by atoms with Gasteiger partial charge in [0.1, 0.15) is 6.61 Å². The summed E-state index contributed by atoms with van der Waals surface area (Å²) in [4.78, 5) is 25.0. The second kappa shape index (κ2) is 9.48. The molecule has 1 saturated carbocycles. The lowest BCUT2D eigenvalue weighted by molar-refractivity contribution is -0.120. The van der Waals surface area contributed by atoms with E-state index in [0.29, 0.717) is 17.2 Å². The van der Waals surface area contributed by atoms with Gasteiger partial charge in [-0.3, -0.25) is 4.79 Å². The molecular formula is C19H24ClNO5. The third-order valence-corrected chi connectivity index (χ3v) is 4.45. The molecule has 1 N–H and O–H groups in total. The molecule has 0 saturated heterocycles. The van der Waals surface area contributed by atoms with Crippen LogP contribution in [0.5, 0.6) is 11.5 Å². The van der Waals surface area contributed by atoms with Crippen LogP contribution in [0, 0.1) is 5.92 Å². The number of methoxy groups -OCH3 is 2. The smallest absolute Gasteiger partial charge is 0.340 e. The molecule has 1 fully saturated rings. The summed E-state index contributed by atoms with van der Waals surface area (Å²) in [5.74, 6) is -0.0210. The zero-order chi connectivity index (χ0) is 19.1. The molecule has 2 rings (SSSR count). The number of hydrogen-bond donors (Lipinski definition) is 1. The normalized spacial score (nSPS) is 14.4. The van der Waals surface area contributed by atoms with Gasteiger partial charge in [-0.2, -0.15) is 0 Å². The second-order valence-electron chi connectivity index (χ2n) is 6.17. The molecule has 0 spiro atoms. The van der Waals surface area contributed by atoms with Gasteiger partial charge in [0, 0.05) is 23.1 Å². The Morgan fingerprint density at radius 3 is 2.35 bits per heavy atom. The standard InChI is InChI=1S/C19H24ClNO5/c1-12(20)11-26-19(23)14-9-16(24-2)17(25-3)10-15(14)21-18(22)13-7-5-4-6-8-13/h9-10,13H,1,4-8,11H2,2-3H3,(H,21,22). The van der Waals surface area contributed by atoms with Gasteiger partial charge in [-0.15, -0.1) is 0 Å². The number of nitrogens with one attached hydrogen (secondary N) is 1. The molecule has 0 radical (unpaired) electrons. The fourth-order valence-corrected chi connectivity index (χ4v) is 3.03. The van der Waals surface area contributed by atoms with Gasteiger partial charge in [-0.1, -0.05) is 37.4 Å². The Morgan fingerprint density at radius 1 is 1.15 bits per heavy atom. The second-order valence-corrected chi connectivity index (χ2v) is 6.70. The maximum absolute atomic E-state index is 12.6. The number of amides is 1. The Morgan fingerprint density at radius 2 is 1.77 bits per heavy atom. The summed E-state index contributed by atoms with van der Waals surface area (Å²) in [6.45, 7) is 3.37. The summed E-state index contributed by atoms with van der Waals surface area (Å²) < 4.78 is 15.6. The molecule has 6 nitrogen and oxygen atoms in total. The first-order chi connectivity index (χ1) is 12.5. The minimum atomic E-state index is -0.633. The van der Waals surface area contributed by atoms with Crippen LogP contribution in [0.15, 0.2) is 23.7 Å². The summed E-state index contributed by atoms with van der Waals surface area (Å²) in [6.07, 6.45) is 4.93. The maximum atomic E-state index is 12.6. The van der Waals surface area contributed by atoms with Crippen LogP contribution in [0.1, 0.15) is 42.5 Å². The number of carbonyl (C=O) groups excluding carboxylic acids is 2. The number of ether oxygens (including phenoxy) is 3. The first-order valence-corrected chi connectivity index (χ1v) is 8.91. The quantitative estimate of drug-likeness (QED) is 0.719. The zero-order valence-corrected chi connectivity index (χ0v) is 15.9. The SMILES string of the molecule is C=C(Cl)COC(=O)c1cc(OC)c(OC)cc1NC(=O)C1CCCCC1. The van der Waals surface area contributed by atoms with E-state index in [2.05, 4.69) is 11.9 Å². The van der Waals surface area contributed by atoms with Crippen molar-refractivity contribution in [2.45, 2.75) is 32.1 Å². The molecule has 0 aromatic heterocycles. The van der Waals surface area contributed by atoms with Gasteiger partial charge >= 0.3 is 5.97 Å². The lowest BCUT2D eigenvalue weighted by Crippen LogP contribution is -2.26. The molecule has 0 aliphatic heterocycles. The minimum Gasteiger partial charge on any atom is -0.493 e. The van der Waals surface area contributed by atoms with Crippen LogP contribution in [0.2, 0.25) is 0 Å². The highest BCUT2D eigenvalue weighted by Gasteiger charge is 2.24. The van der Waals surface area contributed by atoms with Crippen LogP contribution < -0.4 is 14.8 Å². The van der Waals surface area contributed by atoms with Gasteiger partial charge in [-0.25, -0.2) is 4.79 Å². The van der Waals surface area contributed by atoms with Crippen LogP contribution in [0.25, 0.3) is 0 Å². The highest BCUT2D eigenvalue weighted by Crippen LogP contribution is 2.35. The van der Waals surface area contributed by atoms with Gasteiger partial charge in [0.25, 0.3) is 0 Å². The van der Waals surface area contributed by atoms with Crippen molar-refractivity contribution in [3.05, 3.63) is 29.3 Å². The van der Waals surface area contributed by atoms with Gasteiger partial charge in [0.2, 0.25) is 5.91 Å². The third kappa shape index (κ3) is 5.14. The van der Waals surface area contributed by atoms with E-state index >= 15 is 0 Å². The Kier molecular flexibility index (Phi) is 7.33. The molecule has 0 atom stereocenters. The van der Waals surface area contributed by atoms with Crippen molar-refractivity contribution in [3.63, 3.8) is 0 Å². The number of rotatable bonds is 7. The zero-order valence-electron chi connectivity index (χ0n) is 15.1. The third-order valence-electron chi connectivity index (χ3n) is 4.34.